The van der Waals surface area contributed by atoms with Crippen LogP contribution in [0.2, 0.25) is 0 Å². The van der Waals surface area contributed by atoms with Gasteiger partial charge in [0.2, 0.25) is 5.91 Å². The number of ether oxygens (including phenoxy) is 1. The summed E-state index contributed by atoms with van der Waals surface area (Å²) in [5.41, 5.74) is 6.27. The van der Waals surface area contributed by atoms with Crippen LogP contribution in [0.25, 0.3) is 0 Å². The molecule has 1 aliphatic rings. The first-order valence-corrected chi connectivity index (χ1v) is 10.9. The van der Waals surface area contributed by atoms with Crippen LogP contribution in [0.5, 0.6) is 0 Å². The van der Waals surface area contributed by atoms with Crippen LogP contribution in [0.15, 0.2) is 24.3 Å². The van der Waals surface area contributed by atoms with Gasteiger partial charge in [-0.2, -0.15) is 0 Å². The van der Waals surface area contributed by atoms with Crippen molar-refractivity contribution in [1.82, 2.24) is 4.90 Å². The van der Waals surface area contributed by atoms with Gasteiger partial charge in [-0.1, -0.05) is 64.2 Å². The number of rotatable bonds is 8. The molecule has 8 heteroatoms. The van der Waals surface area contributed by atoms with Crippen LogP contribution in [0.1, 0.15) is 62.9 Å². The summed E-state index contributed by atoms with van der Waals surface area (Å²) < 4.78 is 5.84. The molecular weight excluding hydrogens is 416 g/mol. The Morgan fingerprint density at radius 3 is 2.13 bits per heavy atom. The van der Waals surface area contributed by atoms with Crippen molar-refractivity contribution in [3.8, 4) is 0 Å². The van der Waals surface area contributed by atoms with E-state index in [-0.39, 0.29) is 29.2 Å². The van der Waals surface area contributed by atoms with Crippen LogP contribution >= 0.6 is 12.2 Å². The maximum Gasteiger partial charge on any atom is 0.333 e. The molecule has 3 N–H and O–H groups in total. The molecule has 1 aliphatic heterocycles. The number of aliphatic carboxylic acids is 1. The number of benzene rings is 1. The second-order valence-corrected chi connectivity index (χ2v) is 9.65. The average Bonchev–Trinajstić information content (AvgIpc) is 2.70. The number of nitrogens with two attached hydrogens (primary N) is 1. The Labute approximate surface area is 188 Å². The normalized spacial score (nSPS) is 17.1. The Kier molecular flexibility index (Phi) is 8.31. The highest BCUT2D eigenvalue weighted by atomic mass is 32.1. The molecule has 0 spiro atoms. The fourth-order valence-corrected chi connectivity index (χ4v) is 3.79. The number of ketones is 1. The van der Waals surface area contributed by atoms with E-state index in [2.05, 4.69) is 0 Å². The van der Waals surface area contributed by atoms with Crippen LogP contribution in [-0.4, -0.2) is 58.0 Å². The van der Waals surface area contributed by atoms with Crippen molar-refractivity contribution in [3.63, 3.8) is 0 Å². The first-order chi connectivity index (χ1) is 14.4. The number of carboxylic acids is 1. The van der Waals surface area contributed by atoms with Crippen LogP contribution < -0.4 is 5.73 Å². The minimum absolute atomic E-state index is 0.0721. The van der Waals surface area contributed by atoms with Crippen LogP contribution in [0, 0.1) is 11.3 Å². The standard InChI is InChI=1S/C23H32N2O5S/c1-14(13-18(26)15-5-7-16(8-6-15)20(24)31)21(27)25-11-9-17(10-12-25)30-19(22(28)29)23(2,3)4/h5-8,14,17,19H,9-13H2,1-4H3,(H2,24,31)(H,28,29). The topological polar surface area (TPSA) is 110 Å². The molecular formula is C23H32N2O5S. The van der Waals surface area contributed by atoms with Gasteiger partial charge in [-0.3, -0.25) is 9.59 Å². The molecule has 2 atom stereocenters. The molecule has 1 fully saturated rings. The lowest BCUT2D eigenvalue weighted by molar-refractivity contribution is -0.167. The zero-order valence-corrected chi connectivity index (χ0v) is 19.4. The molecule has 1 heterocycles. The highest BCUT2D eigenvalue weighted by Crippen LogP contribution is 2.27. The van der Waals surface area contributed by atoms with Gasteiger partial charge < -0.3 is 20.5 Å². The number of hydrogen-bond acceptors (Lipinski definition) is 5. The Morgan fingerprint density at radius 2 is 1.68 bits per heavy atom. The van der Waals surface area contributed by atoms with E-state index >= 15 is 0 Å². The lowest BCUT2D eigenvalue weighted by Crippen LogP contribution is -2.46. The zero-order valence-electron chi connectivity index (χ0n) is 18.6. The van der Waals surface area contributed by atoms with E-state index in [0.717, 1.165) is 0 Å². The van der Waals surface area contributed by atoms with E-state index < -0.39 is 23.4 Å². The Morgan fingerprint density at radius 1 is 1.16 bits per heavy atom. The number of thiocarbonyl (C=S) groups is 1. The molecule has 2 unspecified atom stereocenters. The maximum absolute atomic E-state index is 12.8. The number of hydrogen-bond donors (Lipinski definition) is 2. The van der Waals surface area contributed by atoms with Crippen LogP contribution in [0.4, 0.5) is 0 Å². The second-order valence-electron chi connectivity index (χ2n) is 9.21. The van der Waals surface area contributed by atoms with Gasteiger partial charge in [0.1, 0.15) is 4.99 Å². The molecule has 0 aromatic heterocycles. The predicted octanol–water partition coefficient (Wildman–Crippen LogP) is 3.04. The van der Waals surface area contributed by atoms with Crippen molar-refractivity contribution in [2.45, 2.75) is 59.2 Å². The Bertz CT molecular complexity index is 823. The molecule has 31 heavy (non-hydrogen) atoms. The van der Waals surface area contributed by atoms with E-state index in [1.54, 1.807) is 36.1 Å². The first kappa shape index (κ1) is 24.9. The summed E-state index contributed by atoms with van der Waals surface area (Å²) in [7, 11) is 0. The van der Waals surface area contributed by atoms with Crippen LogP contribution in [0.3, 0.4) is 0 Å². The molecule has 0 aliphatic carbocycles. The van der Waals surface area contributed by atoms with Crippen molar-refractivity contribution >= 4 is 34.9 Å². The number of piperidine rings is 1. The number of likely N-dealkylation sites (tertiary alicyclic amines) is 1. The summed E-state index contributed by atoms with van der Waals surface area (Å²) in [4.78, 5) is 38.9. The van der Waals surface area contributed by atoms with Gasteiger partial charge in [0.25, 0.3) is 0 Å². The smallest absolute Gasteiger partial charge is 0.333 e. The van der Waals surface area contributed by atoms with Crippen molar-refractivity contribution in [2.24, 2.45) is 17.1 Å². The Balaban J connectivity index is 1.88. The second kappa shape index (κ2) is 10.3. The van der Waals surface area contributed by atoms with Gasteiger partial charge in [0.05, 0.1) is 6.10 Å². The van der Waals surface area contributed by atoms with Gasteiger partial charge in [-0.25, -0.2) is 4.79 Å². The van der Waals surface area contributed by atoms with E-state index in [1.165, 1.54) is 0 Å². The summed E-state index contributed by atoms with van der Waals surface area (Å²) in [6.45, 7) is 8.23. The molecule has 0 bridgehead atoms. The van der Waals surface area contributed by atoms with Crippen molar-refractivity contribution in [2.75, 3.05) is 13.1 Å². The average molecular weight is 449 g/mol. The van der Waals surface area contributed by atoms with Gasteiger partial charge in [-0.05, 0) is 18.3 Å². The molecule has 1 aromatic carbocycles. The predicted molar refractivity (Wildman–Crippen MR) is 122 cm³/mol. The molecule has 0 saturated carbocycles. The maximum atomic E-state index is 12.8. The lowest BCUT2D eigenvalue weighted by atomic mass is 9.88. The lowest BCUT2D eigenvalue weighted by Gasteiger charge is -2.37. The van der Waals surface area contributed by atoms with Crippen molar-refractivity contribution < 1.29 is 24.2 Å². The summed E-state index contributed by atoms with van der Waals surface area (Å²) in [5.74, 6) is -1.60. The highest BCUT2D eigenvalue weighted by molar-refractivity contribution is 7.80. The molecule has 1 saturated heterocycles. The Hall–Kier alpha value is -2.32. The fourth-order valence-electron chi connectivity index (χ4n) is 3.65. The fraction of sp³-hybridized carbons (Fsp3) is 0.565. The van der Waals surface area contributed by atoms with E-state index in [4.69, 9.17) is 22.7 Å². The molecule has 1 amide bonds. The summed E-state index contributed by atoms with van der Waals surface area (Å²) in [5, 5.41) is 9.44. The summed E-state index contributed by atoms with van der Waals surface area (Å²) >= 11 is 4.91. The largest absolute Gasteiger partial charge is 0.479 e. The zero-order chi connectivity index (χ0) is 23.3. The first-order valence-electron chi connectivity index (χ1n) is 10.5. The number of carbonyl (C=O) groups excluding carboxylic acids is 2. The number of carbonyl (C=O) groups is 3. The highest BCUT2D eigenvalue weighted by Gasteiger charge is 2.36. The quantitative estimate of drug-likeness (QED) is 0.465. The van der Waals surface area contributed by atoms with E-state index in [1.807, 2.05) is 20.8 Å². The van der Waals surface area contributed by atoms with Gasteiger partial charge in [0, 0.05) is 36.6 Å². The number of carboxylic acid groups (broad SMARTS) is 1. The molecule has 7 nitrogen and oxygen atoms in total. The molecule has 0 radical (unpaired) electrons. The SMILES string of the molecule is CC(CC(=O)c1ccc(C(N)=S)cc1)C(=O)N1CCC(OC(C(=O)O)C(C)(C)C)CC1. The van der Waals surface area contributed by atoms with Crippen molar-refractivity contribution in [3.05, 3.63) is 35.4 Å². The van der Waals surface area contributed by atoms with Crippen LogP contribution in [-0.2, 0) is 14.3 Å². The van der Waals surface area contributed by atoms with Gasteiger partial charge in [-0.15, -0.1) is 0 Å². The van der Waals surface area contributed by atoms with Gasteiger partial charge in [0.15, 0.2) is 11.9 Å². The molecule has 170 valence electrons. The third-order valence-electron chi connectivity index (χ3n) is 5.50. The third-order valence-corrected chi connectivity index (χ3v) is 5.73. The van der Waals surface area contributed by atoms with Gasteiger partial charge >= 0.3 is 5.97 Å². The minimum atomic E-state index is -0.973. The minimum Gasteiger partial charge on any atom is -0.479 e. The van der Waals surface area contributed by atoms with E-state index in [9.17, 15) is 19.5 Å². The summed E-state index contributed by atoms with van der Waals surface area (Å²) in [6, 6.07) is 6.75. The number of nitrogens with zero attached hydrogens (tertiary/aromatic N) is 1. The molecule has 1 aromatic rings. The number of amides is 1. The molecule has 2 rings (SSSR count). The number of Topliss-reactive ketones (excluding diaryl/α,β-unsaturated/α-hetero) is 1. The summed E-state index contributed by atoms with van der Waals surface area (Å²) in [6.07, 6.45) is 0.177. The third kappa shape index (κ3) is 6.83. The monoisotopic (exact) mass is 448 g/mol. The van der Waals surface area contributed by atoms with E-state index in [0.29, 0.717) is 37.1 Å². The van der Waals surface area contributed by atoms with Crippen molar-refractivity contribution in [1.29, 1.82) is 0 Å².